The maximum absolute atomic E-state index is 13.6. The number of rotatable bonds is 5. The molecular weight excluding hydrogens is 279 g/mol. The van der Waals surface area contributed by atoms with Gasteiger partial charge in [0.25, 0.3) is 0 Å². The Morgan fingerprint density at radius 1 is 1.43 bits per heavy atom. The van der Waals surface area contributed by atoms with Crippen molar-refractivity contribution in [2.24, 2.45) is 0 Å². The van der Waals surface area contributed by atoms with E-state index < -0.39 is 23.4 Å². The molecule has 0 radical (unpaired) electrons. The Morgan fingerprint density at radius 2 is 2.14 bits per heavy atom. The largest absolute Gasteiger partial charge is 0.491 e. The summed E-state index contributed by atoms with van der Waals surface area (Å²) in [5.74, 6) is -1.54. The topological polar surface area (TPSA) is 87.7 Å². The maximum Gasteiger partial charge on any atom is 0.329 e. The molecule has 1 fully saturated rings. The molecule has 2 amide bonds. The molecule has 21 heavy (non-hydrogen) atoms. The second kappa shape index (κ2) is 5.99. The van der Waals surface area contributed by atoms with Crippen LogP contribution in [0.5, 0.6) is 5.75 Å². The van der Waals surface area contributed by atoms with Crippen LogP contribution in [0.1, 0.15) is 26.2 Å². The van der Waals surface area contributed by atoms with E-state index in [-0.39, 0.29) is 11.4 Å². The summed E-state index contributed by atoms with van der Waals surface area (Å²) in [5.41, 5.74) is -0.971. The van der Waals surface area contributed by atoms with Gasteiger partial charge in [0.15, 0.2) is 11.6 Å². The molecule has 1 aliphatic rings. The first-order valence-electron chi connectivity index (χ1n) is 6.72. The number of benzene rings is 1. The van der Waals surface area contributed by atoms with Crippen LogP contribution in [0.4, 0.5) is 14.9 Å². The van der Waals surface area contributed by atoms with Crippen molar-refractivity contribution in [1.29, 1.82) is 0 Å². The second-order valence-corrected chi connectivity index (χ2v) is 4.90. The molecule has 114 valence electrons. The van der Waals surface area contributed by atoms with Gasteiger partial charge >= 0.3 is 12.0 Å². The predicted molar refractivity (Wildman–Crippen MR) is 73.9 cm³/mol. The van der Waals surface area contributed by atoms with Gasteiger partial charge in [0, 0.05) is 11.8 Å². The number of halogens is 1. The normalized spacial score (nSPS) is 15.7. The number of carbonyl (C=O) groups excluding carboxylic acids is 1. The van der Waals surface area contributed by atoms with Crippen LogP contribution in [-0.2, 0) is 4.79 Å². The Morgan fingerprint density at radius 3 is 2.62 bits per heavy atom. The SMILES string of the molecule is CCOc1ccc(NC(=O)NC2(C(=O)O)CCC2)cc1F. The van der Waals surface area contributed by atoms with Crippen molar-refractivity contribution in [3.05, 3.63) is 24.0 Å². The molecule has 1 aliphatic carbocycles. The zero-order valence-corrected chi connectivity index (χ0v) is 11.6. The monoisotopic (exact) mass is 296 g/mol. The van der Waals surface area contributed by atoms with E-state index in [1.807, 2.05) is 0 Å². The van der Waals surface area contributed by atoms with E-state index in [4.69, 9.17) is 9.84 Å². The lowest BCUT2D eigenvalue weighted by atomic mass is 9.77. The van der Waals surface area contributed by atoms with Gasteiger partial charge < -0.3 is 20.5 Å². The van der Waals surface area contributed by atoms with Crippen molar-refractivity contribution in [3.63, 3.8) is 0 Å². The molecule has 1 aromatic carbocycles. The number of aliphatic carboxylic acids is 1. The summed E-state index contributed by atoms with van der Waals surface area (Å²) in [4.78, 5) is 23.0. The van der Waals surface area contributed by atoms with Crippen LogP contribution < -0.4 is 15.4 Å². The molecule has 0 atom stereocenters. The quantitative estimate of drug-likeness (QED) is 0.778. The molecule has 1 saturated carbocycles. The molecule has 0 heterocycles. The third-order valence-corrected chi connectivity index (χ3v) is 3.46. The van der Waals surface area contributed by atoms with Gasteiger partial charge in [-0.05, 0) is 38.3 Å². The Kier molecular flexibility index (Phi) is 4.30. The Balaban J connectivity index is 2.00. The number of hydrogen-bond acceptors (Lipinski definition) is 3. The van der Waals surface area contributed by atoms with Gasteiger partial charge in [0.1, 0.15) is 5.54 Å². The first-order valence-corrected chi connectivity index (χ1v) is 6.72. The van der Waals surface area contributed by atoms with Crippen LogP contribution in [0.25, 0.3) is 0 Å². The van der Waals surface area contributed by atoms with Crippen LogP contribution in [0.3, 0.4) is 0 Å². The summed E-state index contributed by atoms with van der Waals surface area (Å²) < 4.78 is 18.7. The Bertz CT molecular complexity index is 558. The number of carboxylic acid groups (broad SMARTS) is 1. The van der Waals surface area contributed by atoms with E-state index in [0.29, 0.717) is 19.4 Å². The van der Waals surface area contributed by atoms with Crippen LogP contribution in [-0.4, -0.2) is 29.3 Å². The minimum absolute atomic E-state index is 0.101. The van der Waals surface area contributed by atoms with Gasteiger partial charge in [-0.15, -0.1) is 0 Å². The second-order valence-electron chi connectivity index (χ2n) is 4.90. The first-order chi connectivity index (χ1) is 9.97. The van der Waals surface area contributed by atoms with Crippen LogP contribution in [0.2, 0.25) is 0 Å². The van der Waals surface area contributed by atoms with Crippen LogP contribution >= 0.6 is 0 Å². The molecule has 0 aromatic heterocycles. The van der Waals surface area contributed by atoms with Gasteiger partial charge in [-0.25, -0.2) is 14.0 Å². The molecule has 7 heteroatoms. The first kappa shape index (κ1) is 15.1. The molecule has 2 rings (SSSR count). The fourth-order valence-electron chi connectivity index (χ4n) is 2.15. The average molecular weight is 296 g/mol. The number of amides is 2. The van der Waals surface area contributed by atoms with Crippen LogP contribution in [0.15, 0.2) is 18.2 Å². The van der Waals surface area contributed by atoms with Crippen molar-refractivity contribution < 1.29 is 23.8 Å². The van der Waals surface area contributed by atoms with Crippen molar-refractivity contribution >= 4 is 17.7 Å². The van der Waals surface area contributed by atoms with Gasteiger partial charge in [-0.1, -0.05) is 0 Å². The van der Waals surface area contributed by atoms with Gasteiger partial charge in [0.05, 0.1) is 6.61 Å². The molecular formula is C14H17FN2O4. The van der Waals surface area contributed by atoms with E-state index in [9.17, 15) is 14.0 Å². The predicted octanol–water partition coefficient (Wildman–Crippen LogP) is 2.35. The molecule has 3 N–H and O–H groups in total. The van der Waals surface area contributed by atoms with E-state index in [2.05, 4.69) is 10.6 Å². The smallest absolute Gasteiger partial charge is 0.329 e. The summed E-state index contributed by atoms with van der Waals surface area (Å²) in [5, 5.41) is 14.0. The molecule has 0 spiro atoms. The number of carbonyl (C=O) groups is 2. The Labute approximate surface area is 121 Å². The lowest BCUT2D eigenvalue weighted by Crippen LogP contribution is -2.60. The maximum atomic E-state index is 13.6. The van der Waals surface area contributed by atoms with Crippen LogP contribution in [0, 0.1) is 5.82 Å². The van der Waals surface area contributed by atoms with Crippen molar-refractivity contribution in [2.45, 2.75) is 31.7 Å². The average Bonchev–Trinajstić information content (AvgIpc) is 2.37. The molecule has 0 unspecified atom stereocenters. The summed E-state index contributed by atoms with van der Waals surface area (Å²) in [6, 6.07) is 3.35. The number of carboxylic acids is 1. The van der Waals surface area contributed by atoms with Gasteiger partial charge in [-0.3, -0.25) is 0 Å². The number of urea groups is 1. The highest BCUT2D eigenvalue weighted by Gasteiger charge is 2.45. The summed E-state index contributed by atoms with van der Waals surface area (Å²) in [6.07, 6.45) is 1.55. The lowest BCUT2D eigenvalue weighted by Gasteiger charge is -2.38. The fourth-order valence-corrected chi connectivity index (χ4v) is 2.15. The van der Waals surface area contributed by atoms with Crippen molar-refractivity contribution in [3.8, 4) is 5.75 Å². The van der Waals surface area contributed by atoms with E-state index in [1.165, 1.54) is 12.1 Å². The standard InChI is InChI=1S/C14H17FN2O4/c1-2-21-11-5-4-9(8-10(11)15)16-13(20)17-14(12(18)19)6-3-7-14/h4-5,8H,2-3,6-7H2,1H3,(H,18,19)(H2,16,17,20). The third-order valence-electron chi connectivity index (χ3n) is 3.46. The highest BCUT2D eigenvalue weighted by atomic mass is 19.1. The molecule has 0 aliphatic heterocycles. The third kappa shape index (κ3) is 3.24. The zero-order chi connectivity index (χ0) is 15.5. The minimum atomic E-state index is -1.20. The summed E-state index contributed by atoms with van der Waals surface area (Å²) >= 11 is 0. The van der Waals surface area contributed by atoms with E-state index in [0.717, 1.165) is 12.5 Å². The highest BCUT2D eigenvalue weighted by molar-refractivity contribution is 5.94. The molecule has 0 bridgehead atoms. The van der Waals surface area contributed by atoms with E-state index >= 15 is 0 Å². The van der Waals surface area contributed by atoms with E-state index in [1.54, 1.807) is 6.92 Å². The summed E-state index contributed by atoms with van der Waals surface area (Å²) in [6.45, 7) is 2.08. The lowest BCUT2D eigenvalue weighted by molar-refractivity contribution is -0.148. The number of hydrogen-bond donors (Lipinski definition) is 3. The number of ether oxygens (including phenoxy) is 1. The Hall–Kier alpha value is -2.31. The number of anilines is 1. The molecule has 6 nitrogen and oxygen atoms in total. The number of nitrogens with one attached hydrogen (secondary N) is 2. The highest BCUT2D eigenvalue weighted by Crippen LogP contribution is 2.32. The summed E-state index contributed by atoms with van der Waals surface area (Å²) in [7, 11) is 0. The minimum Gasteiger partial charge on any atom is -0.491 e. The van der Waals surface area contributed by atoms with Gasteiger partial charge in [0.2, 0.25) is 0 Å². The van der Waals surface area contributed by atoms with Gasteiger partial charge in [-0.2, -0.15) is 0 Å². The zero-order valence-electron chi connectivity index (χ0n) is 11.6. The fraction of sp³-hybridized carbons (Fsp3) is 0.429. The molecule has 1 aromatic rings. The van der Waals surface area contributed by atoms with Crippen molar-refractivity contribution in [1.82, 2.24) is 5.32 Å². The van der Waals surface area contributed by atoms with Crippen molar-refractivity contribution in [2.75, 3.05) is 11.9 Å². The molecule has 0 saturated heterocycles.